The molecule has 0 aromatic heterocycles. The van der Waals surface area contributed by atoms with Crippen molar-refractivity contribution in [2.24, 2.45) is 11.8 Å². The molecule has 0 aliphatic rings. The maximum Gasteiger partial charge on any atom is 0.472 e. The monoisotopic (exact) mass is 1420 g/mol. The molecule has 3 N–H and O–H groups in total. The highest BCUT2D eigenvalue weighted by atomic mass is 31.2. The predicted molar refractivity (Wildman–Crippen MR) is 395 cm³/mol. The second kappa shape index (κ2) is 69.8. The number of esters is 4. The van der Waals surface area contributed by atoms with Crippen molar-refractivity contribution >= 4 is 39.5 Å². The quantitative estimate of drug-likeness (QED) is 0.0222. The molecule has 19 heteroatoms. The highest BCUT2D eigenvalue weighted by Gasteiger charge is 2.30. The molecule has 0 saturated heterocycles. The Hall–Kier alpha value is -1.94. The van der Waals surface area contributed by atoms with Gasteiger partial charge in [-0.2, -0.15) is 0 Å². The van der Waals surface area contributed by atoms with Crippen LogP contribution in [0, 0.1) is 11.8 Å². The molecule has 97 heavy (non-hydrogen) atoms. The number of hydrogen-bond acceptors (Lipinski definition) is 15. The Bertz CT molecular complexity index is 1870. The molecule has 0 aliphatic carbocycles. The Morgan fingerprint density at radius 2 is 0.474 bits per heavy atom. The summed E-state index contributed by atoms with van der Waals surface area (Å²) in [5, 5.41) is 10.6. The van der Waals surface area contributed by atoms with Crippen molar-refractivity contribution in [2.45, 2.75) is 426 Å². The standard InChI is InChI=1S/C78H152O17P2/c1-7-9-11-13-15-17-19-31-38-44-50-56-62-77(82)94-73(66-88-75(80)60-54-48-42-36-28-18-16-14-12-10-8-2)68-92-96(84,85)90-64-72(79)65-91-97(86,87)93-69-74(67-89-76(81)61-55-49-43-37-32-27-23-25-30-35-41-47-53-59-71(5)6)95-78(83)63-57-51-45-39-33-26-22-20-21-24-29-34-40-46-52-58-70(3)4/h70-74,79H,7-69H2,1-6H3,(H,84,85)(H,86,87)/t72-,73+,74+/m0/s1. The third-order valence-electron chi connectivity index (χ3n) is 18.2. The fourth-order valence-corrected chi connectivity index (χ4v) is 13.6. The largest absolute Gasteiger partial charge is 0.472 e. The van der Waals surface area contributed by atoms with Crippen LogP contribution in [0.15, 0.2) is 0 Å². The second-order valence-corrected chi connectivity index (χ2v) is 32.0. The molecule has 0 heterocycles. The lowest BCUT2D eigenvalue weighted by Gasteiger charge is -2.21. The van der Waals surface area contributed by atoms with Crippen LogP contribution in [0.2, 0.25) is 0 Å². The van der Waals surface area contributed by atoms with Crippen LogP contribution in [0.5, 0.6) is 0 Å². The van der Waals surface area contributed by atoms with Crippen LogP contribution in [-0.4, -0.2) is 96.7 Å². The van der Waals surface area contributed by atoms with Crippen LogP contribution >= 0.6 is 15.6 Å². The molecule has 576 valence electrons. The topological polar surface area (TPSA) is 237 Å². The van der Waals surface area contributed by atoms with Gasteiger partial charge in [-0.15, -0.1) is 0 Å². The van der Waals surface area contributed by atoms with E-state index in [0.29, 0.717) is 25.7 Å². The van der Waals surface area contributed by atoms with Gasteiger partial charge in [-0.05, 0) is 37.5 Å². The number of unbranched alkanes of at least 4 members (excludes halogenated alkanes) is 47. The first kappa shape index (κ1) is 95.1. The van der Waals surface area contributed by atoms with Gasteiger partial charge < -0.3 is 33.8 Å². The van der Waals surface area contributed by atoms with E-state index in [1.807, 2.05) is 0 Å². The molecule has 0 spiro atoms. The van der Waals surface area contributed by atoms with E-state index in [1.165, 1.54) is 225 Å². The molecule has 17 nitrogen and oxygen atoms in total. The molecular formula is C78H152O17P2. The summed E-state index contributed by atoms with van der Waals surface area (Å²) in [7, 11) is -9.91. The summed E-state index contributed by atoms with van der Waals surface area (Å²) in [6.45, 7) is 9.66. The van der Waals surface area contributed by atoms with Crippen LogP contribution in [0.3, 0.4) is 0 Å². The van der Waals surface area contributed by atoms with E-state index in [9.17, 15) is 43.2 Å². The number of rotatable bonds is 77. The van der Waals surface area contributed by atoms with Crippen LogP contribution in [0.25, 0.3) is 0 Å². The first-order valence-electron chi connectivity index (χ1n) is 40.5. The van der Waals surface area contributed by atoms with Crippen molar-refractivity contribution in [2.75, 3.05) is 39.6 Å². The van der Waals surface area contributed by atoms with Gasteiger partial charge in [0.25, 0.3) is 0 Å². The van der Waals surface area contributed by atoms with Gasteiger partial charge in [-0.25, -0.2) is 9.13 Å². The minimum atomic E-state index is -4.96. The summed E-state index contributed by atoms with van der Waals surface area (Å²) in [4.78, 5) is 72.9. The number of phosphoric ester groups is 2. The van der Waals surface area contributed by atoms with Crippen molar-refractivity contribution in [1.29, 1.82) is 0 Å². The number of ether oxygens (including phenoxy) is 4. The van der Waals surface area contributed by atoms with Crippen molar-refractivity contribution in [3.05, 3.63) is 0 Å². The Kier molecular flexibility index (Phi) is 68.4. The summed E-state index contributed by atoms with van der Waals surface area (Å²) in [5.74, 6) is -0.517. The highest BCUT2D eigenvalue weighted by molar-refractivity contribution is 7.47. The molecule has 5 atom stereocenters. The van der Waals surface area contributed by atoms with E-state index >= 15 is 0 Å². The molecule has 0 aliphatic heterocycles. The van der Waals surface area contributed by atoms with Crippen LogP contribution in [-0.2, 0) is 65.4 Å². The molecular weight excluding hydrogens is 1270 g/mol. The normalized spacial score (nSPS) is 14.0. The minimum absolute atomic E-state index is 0.108. The first-order valence-corrected chi connectivity index (χ1v) is 43.5. The Labute approximate surface area is 594 Å². The third-order valence-corrected chi connectivity index (χ3v) is 20.1. The molecule has 0 aromatic carbocycles. The lowest BCUT2D eigenvalue weighted by atomic mass is 10.0. The zero-order valence-electron chi connectivity index (χ0n) is 63.4. The fraction of sp³-hybridized carbons (Fsp3) is 0.949. The molecule has 0 aromatic rings. The number of carbonyl (C=O) groups is 4. The van der Waals surface area contributed by atoms with Crippen LogP contribution in [0.1, 0.15) is 408 Å². The van der Waals surface area contributed by atoms with Gasteiger partial charge in [0, 0.05) is 25.7 Å². The third kappa shape index (κ3) is 72.2. The van der Waals surface area contributed by atoms with Crippen molar-refractivity contribution in [1.82, 2.24) is 0 Å². The van der Waals surface area contributed by atoms with Gasteiger partial charge in [-0.1, -0.05) is 356 Å². The van der Waals surface area contributed by atoms with Crippen molar-refractivity contribution in [3.63, 3.8) is 0 Å². The summed E-state index contributed by atoms with van der Waals surface area (Å²) < 4.78 is 68.6. The molecule has 0 amide bonds. The number of aliphatic hydroxyl groups is 1. The van der Waals surface area contributed by atoms with Gasteiger partial charge in [0.15, 0.2) is 12.2 Å². The summed E-state index contributed by atoms with van der Waals surface area (Å²) in [5.41, 5.74) is 0. The fourth-order valence-electron chi connectivity index (χ4n) is 12.0. The minimum Gasteiger partial charge on any atom is -0.462 e. The molecule has 0 rings (SSSR count). The van der Waals surface area contributed by atoms with Gasteiger partial charge >= 0.3 is 39.5 Å². The van der Waals surface area contributed by atoms with E-state index in [-0.39, 0.29) is 25.7 Å². The zero-order chi connectivity index (χ0) is 71.4. The average molecular weight is 1420 g/mol. The maximum absolute atomic E-state index is 13.1. The smallest absolute Gasteiger partial charge is 0.462 e. The van der Waals surface area contributed by atoms with Crippen molar-refractivity contribution < 1.29 is 80.2 Å². The summed E-state index contributed by atoms with van der Waals surface area (Å²) in [6.07, 6.45) is 58.1. The summed E-state index contributed by atoms with van der Waals surface area (Å²) >= 11 is 0. The van der Waals surface area contributed by atoms with E-state index in [2.05, 4.69) is 41.5 Å². The number of phosphoric acid groups is 2. The number of aliphatic hydroxyl groups excluding tert-OH is 1. The van der Waals surface area contributed by atoms with Gasteiger partial charge in [0.2, 0.25) is 0 Å². The Morgan fingerprint density at radius 1 is 0.278 bits per heavy atom. The zero-order valence-corrected chi connectivity index (χ0v) is 65.2. The van der Waals surface area contributed by atoms with Gasteiger partial charge in [0.05, 0.1) is 26.4 Å². The predicted octanol–water partition coefficient (Wildman–Crippen LogP) is 23.1. The number of hydrogen-bond donors (Lipinski definition) is 3. The van der Waals surface area contributed by atoms with Crippen molar-refractivity contribution in [3.8, 4) is 0 Å². The first-order chi connectivity index (χ1) is 46.9. The summed E-state index contributed by atoms with van der Waals surface area (Å²) in [6, 6.07) is 0. The Balaban J connectivity index is 5.24. The molecule has 2 unspecified atom stereocenters. The average Bonchev–Trinajstić information content (AvgIpc) is 1.01. The van der Waals surface area contributed by atoms with E-state index in [0.717, 1.165) is 102 Å². The van der Waals surface area contributed by atoms with Crippen LogP contribution < -0.4 is 0 Å². The van der Waals surface area contributed by atoms with E-state index in [1.54, 1.807) is 0 Å². The van der Waals surface area contributed by atoms with Gasteiger partial charge in [0.1, 0.15) is 19.3 Å². The number of carbonyl (C=O) groups excluding carboxylic acids is 4. The lowest BCUT2D eigenvalue weighted by molar-refractivity contribution is -0.161. The maximum atomic E-state index is 13.1. The molecule has 0 bridgehead atoms. The van der Waals surface area contributed by atoms with Gasteiger partial charge in [-0.3, -0.25) is 37.3 Å². The molecule has 0 fully saturated rings. The second-order valence-electron chi connectivity index (χ2n) is 29.1. The molecule has 0 radical (unpaired) electrons. The lowest BCUT2D eigenvalue weighted by Crippen LogP contribution is -2.30. The molecule has 0 saturated carbocycles. The van der Waals surface area contributed by atoms with E-state index < -0.39 is 97.5 Å². The Morgan fingerprint density at radius 3 is 0.701 bits per heavy atom. The SMILES string of the molecule is CCCCCCCCCCCCCCC(=O)O[C@H](COC(=O)CCCCCCCCCCCCC)COP(=O)(O)OC[C@H](O)COP(=O)(O)OC[C@@H](COC(=O)CCCCCCCCCCCCCCCC(C)C)OC(=O)CCCCCCCCCCCCCCCCCC(C)C. The highest BCUT2D eigenvalue weighted by Crippen LogP contribution is 2.45. The van der Waals surface area contributed by atoms with Crippen LogP contribution in [0.4, 0.5) is 0 Å². The van der Waals surface area contributed by atoms with E-state index in [4.69, 9.17) is 37.0 Å².